The van der Waals surface area contributed by atoms with Gasteiger partial charge in [-0.05, 0) is 24.1 Å². The second-order valence-corrected chi connectivity index (χ2v) is 3.18. The summed E-state index contributed by atoms with van der Waals surface area (Å²) in [7, 11) is 1.38. The molecule has 0 radical (unpaired) electrons. The van der Waals surface area contributed by atoms with E-state index in [-0.39, 0.29) is 12.4 Å². The average Bonchev–Trinajstić information content (AvgIpc) is 2.29. The molecule has 0 aromatic heterocycles. The molecule has 0 atom stereocenters. The molecule has 0 saturated heterocycles. The maximum Gasteiger partial charge on any atom is 0.308 e. The highest BCUT2D eigenvalue weighted by Gasteiger charge is 2.00. The van der Waals surface area contributed by atoms with Gasteiger partial charge in [0.2, 0.25) is 0 Å². The van der Waals surface area contributed by atoms with Crippen molar-refractivity contribution in [3.05, 3.63) is 29.8 Å². The van der Waals surface area contributed by atoms with E-state index in [2.05, 4.69) is 11.7 Å². The molecule has 0 fully saturated rings. The Labute approximate surface area is 90.0 Å². The van der Waals surface area contributed by atoms with E-state index in [0.717, 1.165) is 12.2 Å². The standard InChI is InChI=1S/C12H16O3/c1-3-10-5-4-6-11(9-10)15-8-7-12(13)14-2/h4-6,9H,3,7-8H2,1-2H3. The molecule has 0 amide bonds. The van der Waals surface area contributed by atoms with Gasteiger partial charge >= 0.3 is 5.97 Å². The number of carbonyl (C=O) groups excluding carboxylic acids is 1. The molecule has 0 aliphatic rings. The van der Waals surface area contributed by atoms with Gasteiger partial charge in [0, 0.05) is 0 Å². The van der Waals surface area contributed by atoms with Crippen LogP contribution >= 0.6 is 0 Å². The monoisotopic (exact) mass is 208 g/mol. The number of hydrogen-bond acceptors (Lipinski definition) is 3. The lowest BCUT2D eigenvalue weighted by Crippen LogP contribution is -2.07. The normalized spacial score (nSPS) is 9.73. The Morgan fingerprint density at radius 3 is 2.87 bits per heavy atom. The van der Waals surface area contributed by atoms with Crippen molar-refractivity contribution in [2.24, 2.45) is 0 Å². The molecule has 1 rings (SSSR count). The van der Waals surface area contributed by atoms with Gasteiger partial charge in [0.15, 0.2) is 0 Å². The summed E-state index contributed by atoms with van der Waals surface area (Å²) in [4.78, 5) is 10.8. The van der Waals surface area contributed by atoms with Gasteiger partial charge in [-0.1, -0.05) is 19.1 Å². The van der Waals surface area contributed by atoms with Gasteiger partial charge in [-0.15, -0.1) is 0 Å². The number of esters is 1. The molecule has 0 heterocycles. The van der Waals surface area contributed by atoms with Crippen molar-refractivity contribution in [1.29, 1.82) is 0 Å². The van der Waals surface area contributed by atoms with Crippen LogP contribution in [0.1, 0.15) is 18.9 Å². The van der Waals surface area contributed by atoms with Crippen LogP contribution in [0.3, 0.4) is 0 Å². The van der Waals surface area contributed by atoms with Gasteiger partial charge < -0.3 is 9.47 Å². The van der Waals surface area contributed by atoms with Crippen molar-refractivity contribution in [2.45, 2.75) is 19.8 Å². The number of hydrogen-bond donors (Lipinski definition) is 0. The van der Waals surface area contributed by atoms with Gasteiger partial charge in [0.25, 0.3) is 0 Å². The summed E-state index contributed by atoms with van der Waals surface area (Å²) in [5, 5.41) is 0. The predicted octanol–water partition coefficient (Wildman–Crippen LogP) is 2.19. The van der Waals surface area contributed by atoms with Crippen LogP contribution in [0.5, 0.6) is 5.75 Å². The van der Waals surface area contributed by atoms with Crippen LogP contribution in [0, 0.1) is 0 Å². The van der Waals surface area contributed by atoms with Crippen LogP contribution in [-0.2, 0) is 16.0 Å². The van der Waals surface area contributed by atoms with E-state index in [1.165, 1.54) is 12.7 Å². The number of rotatable bonds is 5. The van der Waals surface area contributed by atoms with Gasteiger partial charge in [-0.25, -0.2) is 0 Å². The van der Waals surface area contributed by atoms with Crippen molar-refractivity contribution >= 4 is 5.97 Å². The molecule has 0 aliphatic heterocycles. The highest BCUT2D eigenvalue weighted by Crippen LogP contribution is 2.13. The van der Waals surface area contributed by atoms with E-state index >= 15 is 0 Å². The van der Waals surface area contributed by atoms with E-state index in [4.69, 9.17) is 4.74 Å². The zero-order chi connectivity index (χ0) is 11.1. The molecule has 0 unspecified atom stereocenters. The summed E-state index contributed by atoms with van der Waals surface area (Å²) in [5.74, 6) is 0.555. The number of methoxy groups -OCH3 is 1. The van der Waals surface area contributed by atoms with Crippen LogP contribution in [0.4, 0.5) is 0 Å². The highest BCUT2D eigenvalue weighted by molar-refractivity contribution is 5.69. The minimum Gasteiger partial charge on any atom is -0.493 e. The molecule has 0 aliphatic carbocycles. The Morgan fingerprint density at radius 1 is 1.40 bits per heavy atom. The molecule has 0 saturated carbocycles. The fourth-order valence-corrected chi connectivity index (χ4v) is 1.21. The third-order valence-electron chi connectivity index (χ3n) is 2.11. The Hall–Kier alpha value is -1.51. The van der Waals surface area contributed by atoms with Crippen molar-refractivity contribution < 1.29 is 14.3 Å². The Morgan fingerprint density at radius 2 is 2.20 bits per heavy atom. The first-order valence-electron chi connectivity index (χ1n) is 5.04. The van der Waals surface area contributed by atoms with E-state index < -0.39 is 0 Å². The van der Waals surface area contributed by atoms with E-state index in [1.54, 1.807) is 0 Å². The summed E-state index contributed by atoms with van der Waals surface area (Å²) in [6.07, 6.45) is 1.26. The number of benzene rings is 1. The molecule has 1 aromatic rings. The lowest BCUT2D eigenvalue weighted by Gasteiger charge is -2.06. The van der Waals surface area contributed by atoms with Crippen molar-refractivity contribution in [3.63, 3.8) is 0 Å². The van der Waals surface area contributed by atoms with E-state index in [0.29, 0.717) is 6.61 Å². The van der Waals surface area contributed by atoms with Crippen molar-refractivity contribution in [2.75, 3.05) is 13.7 Å². The van der Waals surface area contributed by atoms with Crippen molar-refractivity contribution in [3.8, 4) is 5.75 Å². The van der Waals surface area contributed by atoms with Crippen molar-refractivity contribution in [1.82, 2.24) is 0 Å². The van der Waals surface area contributed by atoms with Crippen LogP contribution in [-0.4, -0.2) is 19.7 Å². The first-order chi connectivity index (χ1) is 7.26. The minimum absolute atomic E-state index is 0.248. The summed E-state index contributed by atoms with van der Waals surface area (Å²) >= 11 is 0. The highest BCUT2D eigenvalue weighted by atomic mass is 16.5. The van der Waals surface area contributed by atoms with Gasteiger partial charge in [-0.3, -0.25) is 4.79 Å². The van der Waals surface area contributed by atoms with Gasteiger partial charge in [0.1, 0.15) is 5.75 Å². The van der Waals surface area contributed by atoms with Gasteiger partial charge in [-0.2, -0.15) is 0 Å². The average molecular weight is 208 g/mol. The largest absolute Gasteiger partial charge is 0.493 e. The fraction of sp³-hybridized carbons (Fsp3) is 0.417. The zero-order valence-electron chi connectivity index (χ0n) is 9.16. The second kappa shape index (κ2) is 6.06. The lowest BCUT2D eigenvalue weighted by atomic mass is 10.2. The topological polar surface area (TPSA) is 35.5 Å². The van der Waals surface area contributed by atoms with Crippen LogP contribution in [0.25, 0.3) is 0 Å². The number of carbonyl (C=O) groups is 1. The molecule has 3 heteroatoms. The van der Waals surface area contributed by atoms with Crippen LogP contribution in [0.15, 0.2) is 24.3 Å². The Bertz CT molecular complexity index is 320. The molecular formula is C12H16O3. The molecule has 1 aromatic carbocycles. The number of ether oxygens (including phenoxy) is 2. The number of aryl methyl sites for hydroxylation is 1. The predicted molar refractivity (Wildman–Crippen MR) is 57.9 cm³/mol. The maximum absolute atomic E-state index is 10.8. The Kier molecular flexibility index (Phi) is 4.68. The lowest BCUT2D eigenvalue weighted by molar-refractivity contribution is -0.141. The van der Waals surface area contributed by atoms with E-state index in [9.17, 15) is 4.79 Å². The first-order valence-corrected chi connectivity index (χ1v) is 5.04. The minimum atomic E-state index is -0.248. The molecule has 0 bridgehead atoms. The molecule has 15 heavy (non-hydrogen) atoms. The summed E-state index contributed by atoms with van der Waals surface area (Å²) < 4.78 is 9.93. The third-order valence-corrected chi connectivity index (χ3v) is 2.11. The molecule has 0 N–H and O–H groups in total. The molecule has 82 valence electrons. The quantitative estimate of drug-likeness (QED) is 0.696. The summed E-state index contributed by atoms with van der Waals surface area (Å²) in [6, 6.07) is 7.87. The Balaban J connectivity index is 2.40. The first kappa shape index (κ1) is 11.6. The fourth-order valence-electron chi connectivity index (χ4n) is 1.21. The summed E-state index contributed by atoms with van der Waals surface area (Å²) in [5.41, 5.74) is 1.23. The summed E-state index contributed by atoms with van der Waals surface area (Å²) in [6.45, 7) is 2.45. The molecule has 3 nitrogen and oxygen atoms in total. The second-order valence-electron chi connectivity index (χ2n) is 3.18. The maximum atomic E-state index is 10.8. The van der Waals surface area contributed by atoms with Gasteiger partial charge in [0.05, 0.1) is 20.1 Å². The van der Waals surface area contributed by atoms with Crippen LogP contribution in [0.2, 0.25) is 0 Å². The molecule has 0 spiro atoms. The smallest absolute Gasteiger partial charge is 0.308 e. The van der Waals surface area contributed by atoms with Crippen LogP contribution < -0.4 is 4.74 Å². The SMILES string of the molecule is CCc1cccc(OCCC(=O)OC)c1. The third kappa shape index (κ3) is 4.02. The van der Waals surface area contributed by atoms with E-state index in [1.807, 2.05) is 24.3 Å². The molecular weight excluding hydrogens is 192 g/mol. The zero-order valence-corrected chi connectivity index (χ0v) is 9.16.